The number of halogens is 1. The van der Waals surface area contributed by atoms with Crippen molar-refractivity contribution in [3.05, 3.63) is 34.9 Å². The van der Waals surface area contributed by atoms with Gasteiger partial charge < -0.3 is 10.6 Å². The number of hydrogen-bond acceptors (Lipinski definition) is 2. The molecule has 0 unspecified atom stereocenters. The van der Waals surface area contributed by atoms with E-state index in [0.29, 0.717) is 11.6 Å². The molecule has 0 atom stereocenters. The fourth-order valence-corrected chi connectivity index (χ4v) is 3.15. The van der Waals surface area contributed by atoms with Crippen molar-refractivity contribution in [1.29, 1.82) is 0 Å². The van der Waals surface area contributed by atoms with Gasteiger partial charge in [-0.2, -0.15) is 0 Å². The van der Waals surface area contributed by atoms with E-state index in [9.17, 15) is 9.59 Å². The molecule has 1 aromatic rings. The molecule has 1 aliphatic carbocycles. The van der Waals surface area contributed by atoms with Crippen molar-refractivity contribution >= 4 is 23.4 Å². The van der Waals surface area contributed by atoms with Crippen molar-refractivity contribution in [3.63, 3.8) is 0 Å². The summed E-state index contributed by atoms with van der Waals surface area (Å²) in [6.07, 6.45) is 3.10. The van der Waals surface area contributed by atoms with Crippen LogP contribution in [0.25, 0.3) is 0 Å². The predicted octanol–water partition coefficient (Wildman–Crippen LogP) is 3.68. The number of hydrogen-bond donors (Lipinski definition) is 2. The molecule has 2 amide bonds. The highest BCUT2D eigenvalue weighted by atomic mass is 35.5. The largest absolute Gasteiger partial charge is 0.352 e. The lowest BCUT2D eigenvalue weighted by Crippen LogP contribution is -2.45. The summed E-state index contributed by atoms with van der Waals surface area (Å²) < 4.78 is 0. The fraction of sp³-hybridized carbons (Fsp3) is 0.579. The topological polar surface area (TPSA) is 58.2 Å². The van der Waals surface area contributed by atoms with Crippen LogP contribution in [-0.4, -0.2) is 17.4 Å². The van der Waals surface area contributed by atoms with E-state index < -0.39 is 0 Å². The molecule has 2 rings (SSSR count). The average molecular weight is 351 g/mol. The van der Waals surface area contributed by atoms with E-state index in [1.807, 2.05) is 45.0 Å². The highest BCUT2D eigenvalue weighted by molar-refractivity contribution is 6.30. The van der Waals surface area contributed by atoms with Crippen molar-refractivity contribution in [2.24, 2.45) is 11.8 Å². The lowest BCUT2D eigenvalue weighted by molar-refractivity contribution is -0.131. The van der Waals surface area contributed by atoms with Crippen LogP contribution in [0.1, 0.15) is 52.0 Å². The van der Waals surface area contributed by atoms with Crippen molar-refractivity contribution in [3.8, 4) is 0 Å². The molecule has 0 radical (unpaired) electrons. The van der Waals surface area contributed by atoms with Gasteiger partial charge in [0.1, 0.15) is 0 Å². The molecular formula is C19H27ClN2O2. The van der Waals surface area contributed by atoms with Crippen LogP contribution < -0.4 is 10.6 Å². The monoisotopic (exact) mass is 350 g/mol. The summed E-state index contributed by atoms with van der Waals surface area (Å²) in [5.74, 6) is 0.239. The number of benzene rings is 1. The fourth-order valence-electron chi connectivity index (χ4n) is 3.03. The van der Waals surface area contributed by atoms with Gasteiger partial charge in [0.2, 0.25) is 11.8 Å². The highest BCUT2D eigenvalue weighted by Gasteiger charge is 2.31. The summed E-state index contributed by atoms with van der Waals surface area (Å²) in [7, 11) is 0. The first kappa shape index (κ1) is 18.8. The lowest BCUT2D eigenvalue weighted by atomic mass is 9.81. The first-order chi connectivity index (χ1) is 11.2. The normalized spacial score (nSPS) is 21.2. The second-order valence-electron chi connectivity index (χ2n) is 7.63. The van der Waals surface area contributed by atoms with Gasteiger partial charge in [0.25, 0.3) is 0 Å². The Labute approximate surface area is 149 Å². The molecule has 0 spiro atoms. The first-order valence-electron chi connectivity index (χ1n) is 8.59. The predicted molar refractivity (Wildman–Crippen MR) is 96.6 cm³/mol. The van der Waals surface area contributed by atoms with Crippen LogP contribution in [0.15, 0.2) is 24.3 Å². The molecule has 0 aliphatic heterocycles. The van der Waals surface area contributed by atoms with Crippen LogP contribution in [-0.2, 0) is 16.1 Å². The van der Waals surface area contributed by atoms with Crippen LogP contribution in [0.2, 0.25) is 5.02 Å². The van der Waals surface area contributed by atoms with E-state index >= 15 is 0 Å². The quantitative estimate of drug-likeness (QED) is 0.870. The Morgan fingerprint density at radius 3 is 2.00 bits per heavy atom. The molecule has 1 fully saturated rings. The highest BCUT2D eigenvalue weighted by Crippen LogP contribution is 2.29. The number of rotatable bonds is 4. The van der Waals surface area contributed by atoms with Crippen molar-refractivity contribution < 1.29 is 9.59 Å². The van der Waals surface area contributed by atoms with Crippen LogP contribution in [0.5, 0.6) is 0 Å². The summed E-state index contributed by atoms with van der Waals surface area (Å²) in [6.45, 7) is 6.47. The van der Waals surface area contributed by atoms with E-state index in [1.54, 1.807) is 0 Å². The van der Waals surface area contributed by atoms with Crippen LogP contribution in [0.3, 0.4) is 0 Å². The van der Waals surface area contributed by atoms with Gasteiger partial charge in [-0.25, -0.2) is 0 Å². The Morgan fingerprint density at radius 2 is 1.50 bits per heavy atom. The van der Waals surface area contributed by atoms with E-state index in [0.717, 1.165) is 31.2 Å². The van der Waals surface area contributed by atoms with Gasteiger partial charge in [0.05, 0.1) is 0 Å². The van der Waals surface area contributed by atoms with E-state index in [1.165, 1.54) is 0 Å². The molecule has 1 aromatic carbocycles. The summed E-state index contributed by atoms with van der Waals surface area (Å²) in [5.41, 5.74) is 0.829. The summed E-state index contributed by atoms with van der Waals surface area (Å²) in [5, 5.41) is 6.71. The Bertz CT molecular complexity index is 570. The zero-order valence-corrected chi connectivity index (χ0v) is 15.5. The van der Waals surface area contributed by atoms with Crippen LogP contribution in [0, 0.1) is 11.8 Å². The van der Waals surface area contributed by atoms with Gasteiger partial charge in [-0.3, -0.25) is 9.59 Å². The molecule has 4 nitrogen and oxygen atoms in total. The zero-order valence-electron chi connectivity index (χ0n) is 14.7. The second-order valence-corrected chi connectivity index (χ2v) is 8.07. The summed E-state index contributed by atoms with van der Waals surface area (Å²) in [6, 6.07) is 7.47. The number of amides is 2. The van der Waals surface area contributed by atoms with Gasteiger partial charge in [0, 0.05) is 28.9 Å². The molecule has 2 N–H and O–H groups in total. The summed E-state index contributed by atoms with van der Waals surface area (Å²) in [4.78, 5) is 24.5. The maximum absolute atomic E-state index is 12.3. The molecule has 1 aliphatic rings. The van der Waals surface area contributed by atoms with Crippen LogP contribution >= 0.6 is 11.6 Å². The third kappa shape index (κ3) is 5.82. The number of nitrogens with one attached hydrogen (secondary N) is 2. The molecule has 132 valence electrons. The van der Waals surface area contributed by atoms with Crippen LogP contribution in [0.4, 0.5) is 0 Å². The van der Waals surface area contributed by atoms with Gasteiger partial charge >= 0.3 is 0 Å². The molecule has 5 heteroatoms. The van der Waals surface area contributed by atoms with Crippen molar-refractivity contribution in [1.82, 2.24) is 10.6 Å². The molecule has 0 saturated heterocycles. The SMILES string of the molecule is CC(C)(C)NC(=O)C1CCC(C(=O)NCc2ccc(Cl)cc2)CC1. The average Bonchev–Trinajstić information content (AvgIpc) is 2.52. The Hall–Kier alpha value is -1.55. The summed E-state index contributed by atoms with van der Waals surface area (Å²) >= 11 is 5.86. The van der Waals surface area contributed by atoms with Gasteiger partial charge in [0.15, 0.2) is 0 Å². The molecule has 24 heavy (non-hydrogen) atoms. The van der Waals surface area contributed by atoms with E-state index in [2.05, 4.69) is 10.6 Å². The van der Waals surface area contributed by atoms with Gasteiger partial charge in [-0.15, -0.1) is 0 Å². The Balaban J connectivity index is 1.76. The maximum Gasteiger partial charge on any atom is 0.223 e. The minimum atomic E-state index is -0.204. The second kappa shape index (κ2) is 8.02. The maximum atomic E-state index is 12.3. The molecular weight excluding hydrogens is 324 g/mol. The van der Waals surface area contributed by atoms with Crippen molar-refractivity contribution in [2.75, 3.05) is 0 Å². The smallest absolute Gasteiger partial charge is 0.223 e. The van der Waals surface area contributed by atoms with Gasteiger partial charge in [-0.05, 0) is 64.2 Å². The molecule has 1 saturated carbocycles. The number of carbonyl (C=O) groups excluding carboxylic acids is 2. The minimum Gasteiger partial charge on any atom is -0.352 e. The van der Waals surface area contributed by atoms with Gasteiger partial charge in [-0.1, -0.05) is 23.7 Å². The third-order valence-electron chi connectivity index (χ3n) is 4.35. The Morgan fingerprint density at radius 1 is 1.00 bits per heavy atom. The van der Waals surface area contributed by atoms with E-state index in [-0.39, 0.29) is 29.2 Å². The lowest BCUT2D eigenvalue weighted by Gasteiger charge is -2.30. The zero-order chi connectivity index (χ0) is 17.7. The molecule has 0 heterocycles. The minimum absolute atomic E-state index is 0.0102. The van der Waals surface area contributed by atoms with E-state index in [4.69, 9.17) is 11.6 Å². The third-order valence-corrected chi connectivity index (χ3v) is 4.60. The molecule has 0 bridgehead atoms. The molecule has 0 aromatic heterocycles. The Kier molecular flexibility index (Phi) is 6.27. The first-order valence-corrected chi connectivity index (χ1v) is 8.96. The standard InChI is InChI=1S/C19H27ClN2O2/c1-19(2,3)22-18(24)15-8-6-14(7-9-15)17(23)21-12-13-4-10-16(20)11-5-13/h4-5,10-11,14-15H,6-9,12H2,1-3H3,(H,21,23)(H,22,24). The number of carbonyl (C=O) groups is 2. The van der Waals surface area contributed by atoms with Crippen molar-refractivity contribution in [2.45, 2.75) is 58.5 Å².